The molecule has 2 atom stereocenters. The minimum Gasteiger partial charge on any atom is -0.335 e. The molecule has 0 radical (unpaired) electrons. The van der Waals surface area contributed by atoms with Crippen LogP contribution in [-0.2, 0) is 6.42 Å². The maximum atomic E-state index is 12.8. The van der Waals surface area contributed by atoms with E-state index in [9.17, 15) is 4.79 Å². The number of likely N-dealkylation sites (tertiary alicyclic amines) is 1. The lowest BCUT2D eigenvalue weighted by Gasteiger charge is -2.32. The summed E-state index contributed by atoms with van der Waals surface area (Å²) in [4.78, 5) is 20.0. The van der Waals surface area contributed by atoms with Gasteiger partial charge in [-0.3, -0.25) is 4.79 Å². The summed E-state index contributed by atoms with van der Waals surface area (Å²) in [5.41, 5.74) is 0. The van der Waals surface area contributed by atoms with E-state index in [1.807, 2.05) is 0 Å². The highest BCUT2D eigenvalue weighted by Gasteiger charge is 2.30. The van der Waals surface area contributed by atoms with Gasteiger partial charge in [-0.05, 0) is 37.5 Å². The Bertz CT molecular complexity index is 455. The predicted molar refractivity (Wildman–Crippen MR) is 84.2 cm³/mol. The largest absolute Gasteiger partial charge is 0.335 e. The van der Waals surface area contributed by atoms with E-state index in [-0.39, 0.29) is 5.91 Å². The molecule has 1 fully saturated rings. The molecule has 0 saturated carbocycles. The van der Waals surface area contributed by atoms with Crippen molar-refractivity contribution in [3.05, 3.63) is 16.1 Å². The van der Waals surface area contributed by atoms with Crippen LogP contribution in [0.4, 0.5) is 0 Å². The first-order chi connectivity index (χ1) is 9.52. The Morgan fingerprint density at radius 3 is 2.80 bits per heavy atom. The van der Waals surface area contributed by atoms with E-state index >= 15 is 0 Å². The molecule has 20 heavy (non-hydrogen) atoms. The van der Waals surface area contributed by atoms with Crippen LogP contribution < -0.4 is 0 Å². The lowest BCUT2D eigenvalue weighted by atomic mass is 9.95. The molecule has 0 spiro atoms. The molecule has 2 heterocycles. The van der Waals surface area contributed by atoms with Crippen molar-refractivity contribution in [2.75, 3.05) is 6.54 Å². The van der Waals surface area contributed by atoms with Crippen molar-refractivity contribution in [2.45, 2.75) is 59.4 Å². The van der Waals surface area contributed by atoms with Crippen molar-refractivity contribution in [3.8, 4) is 0 Å². The summed E-state index contributed by atoms with van der Waals surface area (Å²) in [6, 6.07) is 0.375. The highest BCUT2D eigenvalue weighted by Crippen LogP contribution is 2.28. The average Bonchev–Trinajstić information content (AvgIpc) is 2.81. The van der Waals surface area contributed by atoms with Gasteiger partial charge in [0, 0.05) is 12.6 Å². The fourth-order valence-corrected chi connectivity index (χ4v) is 3.75. The van der Waals surface area contributed by atoms with Crippen molar-refractivity contribution in [2.24, 2.45) is 11.8 Å². The summed E-state index contributed by atoms with van der Waals surface area (Å²) in [6.45, 7) is 9.73. The molecule has 1 aliphatic heterocycles. The summed E-state index contributed by atoms with van der Waals surface area (Å²) in [6.07, 6.45) is 6.15. The molecule has 0 bridgehead atoms. The second-order valence-corrected chi connectivity index (χ2v) is 7.37. The highest BCUT2D eigenvalue weighted by atomic mass is 32.1. The number of carbonyl (C=O) groups is 1. The van der Waals surface area contributed by atoms with Gasteiger partial charge in [0.05, 0.1) is 11.2 Å². The molecule has 2 unspecified atom stereocenters. The van der Waals surface area contributed by atoms with Crippen molar-refractivity contribution in [1.29, 1.82) is 0 Å². The molecular weight excluding hydrogens is 268 g/mol. The van der Waals surface area contributed by atoms with Crippen molar-refractivity contribution in [1.82, 2.24) is 9.88 Å². The summed E-state index contributed by atoms with van der Waals surface area (Å²) < 4.78 is 0. The van der Waals surface area contributed by atoms with Gasteiger partial charge in [-0.25, -0.2) is 4.98 Å². The van der Waals surface area contributed by atoms with Crippen LogP contribution in [0.5, 0.6) is 0 Å². The molecule has 1 amide bonds. The molecule has 0 N–H and O–H groups in total. The fraction of sp³-hybridized carbons (Fsp3) is 0.750. The molecule has 1 saturated heterocycles. The Morgan fingerprint density at radius 1 is 1.45 bits per heavy atom. The zero-order chi connectivity index (χ0) is 14.7. The Morgan fingerprint density at radius 2 is 2.20 bits per heavy atom. The van der Waals surface area contributed by atoms with Gasteiger partial charge >= 0.3 is 0 Å². The van der Waals surface area contributed by atoms with E-state index in [0.717, 1.165) is 41.6 Å². The molecule has 0 aromatic carbocycles. The number of amides is 1. The normalized spacial score (nSPS) is 23.9. The van der Waals surface area contributed by atoms with E-state index in [2.05, 4.69) is 37.6 Å². The monoisotopic (exact) mass is 294 g/mol. The third-order valence-corrected chi connectivity index (χ3v) is 5.45. The summed E-state index contributed by atoms with van der Waals surface area (Å²) in [5.74, 6) is 1.43. The maximum absolute atomic E-state index is 12.8. The van der Waals surface area contributed by atoms with Gasteiger partial charge in [0.2, 0.25) is 0 Å². The topological polar surface area (TPSA) is 33.2 Å². The number of carbonyl (C=O) groups excluding carboxylic acids is 1. The number of hydrogen-bond donors (Lipinski definition) is 0. The number of thiazole rings is 1. The zero-order valence-electron chi connectivity index (χ0n) is 13.1. The number of nitrogens with zero attached hydrogens (tertiary/aromatic N) is 2. The number of hydrogen-bond acceptors (Lipinski definition) is 3. The van der Waals surface area contributed by atoms with Gasteiger partial charge in [0.15, 0.2) is 0 Å². The van der Waals surface area contributed by atoms with Crippen LogP contribution in [0.15, 0.2) is 6.20 Å². The Balaban J connectivity index is 2.19. The van der Waals surface area contributed by atoms with E-state index in [4.69, 9.17) is 0 Å². The van der Waals surface area contributed by atoms with Gasteiger partial charge in [-0.1, -0.05) is 27.7 Å². The second kappa shape index (κ2) is 6.70. The minimum atomic E-state index is 0.190. The molecule has 1 aliphatic rings. The fourth-order valence-electron chi connectivity index (χ4n) is 2.94. The highest BCUT2D eigenvalue weighted by molar-refractivity contribution is 7.13. The first-order valence-electron chi connectivity index (χ1n) is 7.78. The van der Waals surface area contributed by atoms with Crippen LogP contribution >= 0.6 is 11.3 Å². The second-order valence-electron chi connectivity index (χ2n) is 6.25. The van der Waals surface area contributed by atoms with Crippen LogP contribution in [0.25, 0.3) is 0 Å². The van der Waals surface area contributed by atoms with Crippen molar-refractivity contribution >= 4 is 17.2 Å². The summed E-state index contributed by atoms with van der Waals surface area (Å²) in [5, 5.41) is 1.05. The van der Waals surface area contributed by atoms with E-state index in [0.29, 0.717) is 12.0 Å². The quantitative estimate of drug-likeness (QED) is 0.844. The van der Waals surface area contributed by atoms with Crippen LogP contribution in [0.1, 0.15) is 61.6 Å². The maximum Gasteiger partial charge on any atom is 0.265 e. The molecule has 1 aromatic rings. The third-order valence-electron chi connectivity index (χ3n) is 4.32. The first kappa shape index (κ1) is 15.5. The SMILES string of the molecule is CCc1ncc(C(=O)N2CCC(C)CCC2C(C)C)s1. The average molecular weight is 294 g/mol. The Hall–Kier alpha value is -0.900. The van der Waals surface area contributed by atoms with Crippen LogP contribution in [0.2, 0.25) is 0 Å². The van der Waals surface area contributed by atoms with E-state index in [1.54, 1.807) is 17.5 Å². The minimum absolute atomic E-state index is 0.190. The summed E-state index contributed by atoms with van der Waals surface area (Å²) in [7, 11) is 0. The van der Waals surface area contributed by atoms with E-state index in [1.165, 1.54) is 6.42 Å². The van der Waals surface area contributed by atoms with Gasteiger partial charge in [0.1, 0.15) is 4.88 Å². The number of aryl methyl sites for hydroxylation is 1. The standard InChI is InChI=1S/C16H26N2OS/c1-5-15-17-10-14(20-15)16(19)18-9-8-12(4)6-7-13(18)11(2)3/h10-13H,5-9H2,1-4H3. The van der Waals surface area contributed by atoms with Crippen LogP contribution in [0.3, 0.4) is 0 Å². The predicted octanol–water partition coefficient (Wildman–Crippen LogP) is 3.99. The van der Waals surface area contributed by atoms with Crippen LogP contribution in [0, 0.1) is 11.8 Å². The smallest absolute Gasteiger partial charge is 0.265 e. The van der Waals surface area contributed by atoms with E-state index < -0.39 is 0 Å². The molecular formula is C16H26N2OS. The first-order valence-corrected chi connectivity index (χ1v) is 8.60. The lowest BCUT2D eigenvalue weighted by molar-refractivity contribution is 0.0636. The number of rotatable bonds is 3. The van der Waals surface area contributed by atoms with Gasteiger partial charge in [-0.15, -0.1) is 11.3 Å². The van der Waals surface area contributed by atoms with Crippen molar-refractivity contribution in [3.63, 3.8) is 0 Å². The third kappa shape index (κ3) is 3.40. The molecule has 4 heteroatoms. The summed E-state index contributed by atoms with van der Waals surface area (Å²) >= 11 is 1.55. The molecule has 0 aliphatic carbocycles. The van der Waals surface area contributed by atoms with Gasteiger partial charge < -0.3 is 4.90 Å². The Kier molecular flexibility index (Phi) is 5.19. The molecule has 2 rings (SSSR count). The number of aromatic nitrogens is 1. The Labute approximate surface area is 126 Å². The molecule has 1 aromatic heterocycles. The zero-order valence-corrected chi connectivity index (χ0v) is 13.9. The van der Waals surface area contributed by atoms with Gasteiger partial charge in [-0.2, -0.15) is 0 Å². The lowest BCUT2D eigenvalue weighted by Crippen LogP contribution is -2.42. The molecule has 112 valence electrons. The van der Waals surface area contributed by atoms with Crippen molar-refractivity contribution < 1.29 is 4.79 Å². The van der Waals surface area contributed by atoms with Gasteiger partial charge in [0.25, 0.3) is 5.91 Å². The van der Waals surface area contributed by atoms with Crippen LogP contribution in [-0.4, -0.2) is 28.4 Å². The molecule has 3 nitrogen and oxygen atoms in total.